The van der Waals surface area contributed by atoms with Gasteiger partial charge < -0.3 is 5.32 Å². The molecule has 3 N–H and O–H groups in total. The average Bonchev–Trinajstić information content (AvgIpc) is 2.77. The number of sulfonamides is 1. The van der Waals surface area contributed by atoms with Gasteiger partial charge in [0.1, 0.15) is 5.82 Å². The Balaban J connectivity index is 1.69. The Labute approximate surface area is 133 Å². The molecule has 0 radical (unpaired) electrons. The summed E-state index contributed by atoms with van der Waals surface area (Å²) in [6.45, 7) is 5.52. The summed E-state index contributed by atoms with van der Waals surface area (Å²) in [7, 11) is -3.73. The van der Waals surface area contributed by atoms with Gasteiger partial charge in [0.15, 0.2) is 5.03 Å². The molecule has 1 unspecified atom stereocenters. The molecule has 1 aliphatic rings. The number of unbranched alkanes of at least 4 members (excludes halogenated alkanes) is 1. The summed E-state index contributed by atoms with van der Waals surface area (Å²) < 4.78 is 22.5. The zero-order valence-corrected chi connectivity index (χ0v) is 14.3. The first-order valence-corrected chi connectivity index (χ1v) is 9.55. The van der Waals surface area contributed by atoms with Crippen molar-refractivity contribution in [2.24, 2.45) is 16.5 Å². The van der Waals surface area contributed by atoms with Crippen molar-refractivity contribution >= 4 is 15.8 Å². The molecule has 22 heavy (non-hydrogen) atoms. The Morgan fingerprint density at radius 1 is 1.36 bits per heavy atom. The fourth-order valence-electron chi connectivity index (χ4n) is 3.27. The van der Waals surface area contributed by atoms with Gasteiger partial charge in [0.05, 0.1) is 0 Å². The van der Waals surface area contributed by atoms with E-state index in [1.54, 1.807) is 12.1 Å². The lowest BCUT2D eigenvalue weighted by Crippen LogP contribution is -2.15. The van der Waals surface area contributed by atoms with Crippen molar-refractivity contribution in [2.75, 3.05) is 11.9 Å². The molecule has 2 rings (SSSR count). The first-order chi connectivity index (χ1) is 10.3. The molecule has 1 aromatic heterocycles. The molecule has 0 spiro atoms. The molecule has 0 aliphatic heterocycles. The summed E-state index contributed by atoms with van der Waals surface area (Å²) in [6.07, 6.45) is 7.60. The normalized spacial score (nSPS) is 21.0. The lowest BCUT2D eigenvalue weighted by molar-refractivity contribution is 0.351. The van der Waals surface area contributed by atoms with E-state index in [1.807, 2.05) is 0 Å². The molecule has 6 heteroatoms. The number of hydrogen-bond acceptors (Lipinski definition) is 4. The van der Waals surface area contributed by atoms with Crippen LogP contribution in [0.4, 0.5) is 5.82 Å². The van der Waals surface area contributed by atoms with E-state index in [9.17, 15) is 8.42 Å². The molecule has 124 valence electrons. The standard InChI is InChI=1S/C16H27N3O2S/c1-16(2)10-9-13(12-16)6-3-4-11-18-14-7-5-8-15(19-14)22(17,20)21/h5,7-8,13H,3-4,6,9-12H2,1-2H3,(H,18,19)(H2,17,20,21). The second-order valence-corrected chi connectivity index (χ2v) is 8.61. The topological polar surface area (TPSA) is 85.1 Å². The number of nitrogens with zero attached hydrogens (tertiary/aromatic N) is 1. The van der Waals surface area contributed by atoms with E-state index in [0.29, 0.717) is 11.2 Å². The van der Waals surface area contributed by atoms with E-state index in [2.05, 4.69) is 24.1 Å². The second kappa shape index (κ2) is 6.96. The summed E-state index contributed by atoms with van der Waals surface area (Å²) in [4.78, 5) is 4.01. The third-order valence-electron chi connectivity index (χ3n) is 4.43. The van der Waals surface area contributed by atoms with Crippen molar-refractivity contribution in [3.63, 3.8) is 0 Å². The number of rotatable bonds is 7. The van der Waals surface area contributed by atoms with Crippen LogP contribution in [0.25, 0.3) is 0 Å². The molecule has 1 saturated carbocycles. The molecule has 0 amide bonds. The maximum absolute atomic E-state index is 11.2. The van der Waals surface area contributed by atoms with Gasteiger partial charge in [0.2, 0.25) is 0 Å². The molecule has 1 heterocycles. The predicted octanol–water partition coefficient (Wildman–Crippen LogP) is 3.14. The SMILES string of the molecule is CC1(C)CCC(CCCCNc2cccc(S(N)(=O)=O)n2)C1. The van der Waals surface area contributed by atoms with Gasteiger partial charge in [-0.2, -0.15) is 0 Å². The van der Waals surface area contributed by atoms with Crippen molar-refractivity contribution in [3.05, 3.63) is 18.2 Å². The van der Waals surface area contributed by atoms with Crippen LogP contribution in [0.3, 0.4) is 0 Å². The molecule has 5 nitrogen and oxygen atoms in total. The summed E-state index contributed by atoms with van der Waals surface area (Å²) in [5.41, 5.74) is 0.529. The molecule has 1 atom stereocenters. The van der Waals surface area contributed by atoms with Crippen LogP contribution in [0, 0.1) is 11.3 Å². The minimum Gasteiger partial charge on any atom is -0.370 e. The van der Waals surface area contributed by atoms with Crippen LogP contribution >= 0.6 is 0 Å². The van der Waals surface area contributed by atoms with E-state index in [-0.39, 0.29) is 5.03 Å². The highest BCUT2D eigenvalue weighted by Gasteiger charge is 2.30. The van der Waals surface area contributed by atoms with Crippen molar-refractivity contribution in [1.82, 2.24) is 4.98 Å². The summed E-state index contributed by atoms with van der Waals surface area (Å²) in [5, 5.41) is 8.15. The van der Waals surface area contributed by atoms with Crippen LogP contribution in [-0.4, -0.2) is 19.9 Å². The first-order valence-electron chi connectivity index (χ1n) is 8.00. The van der Waals surface area contributed by atoms with E-state index in [4.69, 9.17) is 5.14 Å². The van der Waals surface area contributed by atoms with Gasteiger partial charge in [0, 0.05) is 6.54 Å². The summed E-state index contributed by atoms with van der Waals surface area (Å²) in [6, 6.07) is 4.81. The van der Waals surface area contributed by atoms with Crippen LogP contribution < -0.4 is 10.5 Å². The lowest BCUT2D eigenvalue weighted by atomic mass is 9.89. The Kier molecular flexibility index (Phi) is 5.45. The fraction of sp³-hybridized carbons (Fsp3) is 0.688. The smallest absolute Gasteiger partial charge is 0.255 e. The number of hydrogen-bond donors (Lipinski definition) is 2. The van der Waals surface area contributed by atoms with Crippen LogP contribution in [0.15, 0.2) is 23.2 Å². The number of nitrogens with two attached hydrogens (primary N) is 1. The molecule has 1 fully saturated rings. The number of nitrogens with one attached hydrogen (secondary N) is 1. The molecule has 0 saturated heterocycles. The Morgan fingerprint density at radius 3 is 2.77 bits per heavy atom. The summed E-state index contributed by atoms with van der Waals surface area (Å²) >= 11 is 0. The Morgan fingerprint density at radius 2 is 2.14 bits per heavy atom. The van der Waals surface area contributed by atoms with Gasteiger partial charge in [-0.1, -0.05) is 32.8 Å². The van der Waals surface area contributed by atoms with Crippen LogP contribution in [0.1, 0.15) is 52.4 Å². The maximum atomic E-state index is 11.2. The monoisotopic (exact) mass is 325 g/mol. The van der Waals surface area contributed by atoms with Gasteiger partial charge >= 0.3 is 0 Å². The minimum absolute atomic E-state index is 0.0920. The number of primary sulfonamides is 1. The molecule has 1 aliphatic carbocycles. The van der Waals surface area contributed by atoms with Crippen LogP contribution in [0.5, 0.6) is 0 Å². The molecular weight excluding hydrogens is 298 g/mol. The minimum atomic E-state index is -3.73. The molecular formula is C16H27N3O2S. The van der Waals surface area contributed by atoms with Crippen molar-refractivity contribution in [1.29, 1.82) is 0 Å². The lowest BCUT2D eigenvalue weighted by Gasteiger charge is -2.17. The van der Waals surface area contributed by atoms with E-state index in [0.717, 1.165) is 18.9 Å². The molecule has 0 bridgehead atoms. The van der Waals surface area contributed by atoms with E-state index < -0.39 is 10.0 Å². The average molecular weight is 325 g/mol. The van der Waals surface area contributed by atoms with Crippen LogP contribution in [-0.2, 0) is 10.0 Å². The van der Waals surface area contributed by atoms with Crippen LogP contribution in [0.2, 0.25) is 0 Å². The van der Waals surface area contributed by atoms with Crippen molar-refractivity contribution in [2.45, 2.75) is 57.4 Å². The largest absolute Gasteiger partial charge is 0.370 e. The third-order valence-corrected chi connectivity index (χ3v) is 5.24. The maximum Gasteiger partial charge on any atom is 0.255 e. The Hall–Kier alpha value is -1.14. The first kappa shape index (κ1) is 17.2. The molecule has 0 aromatic carbocycles. The third kappa shape index (κ3) is 5.25. The highest BCUT2D eigenvalue weighted by Crippen LogP contribution is 2.42. The number of aromatic nitrogens is 1. The number of pyridine rings is 1. The second-order valence-electron chi connectivity index (χ2n) is 7.10. The van der Waals surface area contributed by atoms with Gasteiger partial charge in [-0.15, -0.1) is 0 Å². The quantitative estimate of drug-likeness (QED) is 0.754. The fourth-order valence-corrected chi connectivity index (χ4v) is 3.77. The van der Waals surface area contributed by atoms with Gasteiger partial charge in [0.25, 0.3) is 10.0 Å². The van der Waals surface area contributed by atoms with Crippen molar-refractivity contribution < 1.29 is 8.42 Å². The van der Waals surface area contributed by atoms with E-state index >= 15 is 0 Å². The van der Waals surface area contributed by atoms with Gasteiger partial charge in [-0.05, 0) is 49.1 Å². The highest BCUT2D eigenvalue weighted by molar-refractivity contribution is 7.89. The Bertz CT molecular complexity index is 599. The zero-order valence-electron chi connectivity index (χ0n) is 13.5. The zero-order chi connectivity index (χ0) is 16.2. The molecule has 1 aromatic rings. The van der Waals surface area contributed by atoms with E-state index in [1.165, 1.54) is 38.2 Å². The van der Waals surface area contributed by atoms with Crippen molar-refractivity contribution in [3.8, 4) is 0 Å². The van der Waals surface area contributed by atoms with Gasteiger partial charge in [-0.25, -0.2) is 18.5 Å². The number of anilines is 1. The predicted molar refractivity (Wildman–Crippen MR) is 89.1 cm³/mol. The summed E-state index contributed by atoms with van der Waals surface area (Å²) in [5.74, 6) is 1.44. The highest BCUT2D eigenvalue weighted by atomic mass is 32.2. The van der Waals surface area contributed by atoms with Gasteiger partial charge in [-0.3, -0.25) is 0 Å².